The number of benzene rings is 6. The molecule has 3 saturated heterocycles. The summed E-state index contributed by atoms with van der Waals surface area (Å²) in [6.07, 6.45) is -16.9. The second-order valence-corrected chi connectivity index (χ2v) is 16.3. The Kier molecular flexibility index (Phi) is 15.1. The Morgan fingerprint density at radius 2 is 0.857 bits per heavy atom. The molecular weight excluding hydrogens is 905 g/mol. The number of aliphatic hydroxyl groups excluding tert-OH is 1. The third-order valence-electron chi connectivity index (χ3n) is 11.6. The highest BCUT2D eigenvalue weighted by Gasteiger charge is 2.58. The van der Waals surface area contributed by atoms with Gasteiger partial charge in [-0.15, -0.1) is 0 Å². The molecule has 0 amide bonds. The van der Waals surface area contributed by atoms with E-state index in [-0.39, 0.29) is 34.4 Å². The maximum Gasteiger partial charge on any atom is 0.340 e. The van der Waals surface area contributed by atoms with Gasteiger partial charge in [-0.1, -0.05) is 121 Å². The van der Waals surface area contributed by atoms with E-state index < -0.39 is 104 Å². The molecule has 0 radical (unpaired) electrons. The summed E-state index contributed by atoms with van der Waals surface area (Å²) in [7, 11) is 0. The molecule has 16 heteroatoms. The second-order valence-electron chi connectivity index (χ2n) is 16.3. The molecule has 0 bridgehead atoms. The van der Waals surface area contributed by atoms with Crippen LogP contribution in [0, 0.1) is 0 Å². The molecule has 3 aliphatic heterocycles. The second kappa shape index (κ2) is 22.2. The predicted octanol–water partition coefficient (Wildman–Crippen LogP) is 6.69. The van der Waals surface area contributed by atoms with Crippen LogP contribution in [0.3, 0.4) is 0 Å². The fourth-order valence-electron chi connectivity index (χ4n) is 8.14. The van der Waals surface area contributed by atoms with Crippen LogP contribution in [0.4, 0.5) is 0 Å². The van der Waals surface area contributed by atoms with Crippen LogP contribution in [0.15, 0.2) is 182 Å². The van der Waals surface area contributed by atoms with Crippen molar-refractivity contribution >= 4 is 29.8 Å². The van der Waals surface area contributed by atoms with Gasteiger partial charge < -0.3 is 52.5 Å². The molecule has 3 heterocycles. The van der Waals surface area contributed by atoms with Gasteiger partial charge in [-0.05, 0) is 60.7 Å². The van der Waals surface area contributed by atoms with E-state index >= 15 is 0 Å². The lowest BCUT2D eigenvalue weighted by Crippen LogP contribution is -2.67. The van der Waals surface area contributed by atoms with E-state index in [0.29, 0.717) is 5.56 Å². The SMILES string of the molecule is O=C(OC[C@H]1O[C@H](OC(=O)c2ccccc2)[C@@H](OC(=O)c2ccccc2)[C@@H](OC(=O)c2ccccc2)[C@@H]1O[C@@H]1O[C@@H]2COC(c3ccccc3)O[C@@H]2[C@@H](OC(=O)c2ccccc2)[C@H]1O)c1ccccc1. The molecule has 1 unspecified atom stereocenters. The molecule has 1 N–H and O–H groups in total. The topological polar surface area (TPSA) is 198 Å². The van der Waals surface area contributed by atoms with Crippen molar-refractivity contribution in [1.29, 1.82) is 0 Å². The molecule has 0 saturated carbocycles. The number of rotatable bonds is 14. The Labute approximate surface area is 401 Å². The van der Waals surface area contributed by atoms with E-state index in [1.807, 2.05) is 6.07 Å². The number of carbonyl (C=O) groups is 5. The zero-order valence-corrected chi connectivity index (χ0v) is 37.2. The molecule has 6 aromatic carbocycles. The molecule has 358 valence electrons. The van der Waals surface area contributed by atoms with E-state index in [9.17, 15) is 29.1 Å². The highest BCUT2D eigenvalue weighted by Crippen LogP contribution is 2.39. The van der Waals surface area contributed by atoms with E-state index in [1.54, 1.807) is 127 Å². The lowest BCUT2D eigenvalue weighted by atomic mass is 9.95. The molecule has 70 heavy (non-hydrogen) atoms. The number of fused-ring (bicyclic) bond motifs is 1. The molecule has 0 spiro atoms. The summed E-state index contributed by atoms with van der Waals surface area (Å²) in [6.45, 7) is -0.792. The summed E-state index contributed by atoms with van der Waals surface area (Å²) in [4.78, 5) is 69.5. The van der Waals surface area contributed by atoms with Gasteiger partial charge in [0.25, 0.3) is 0 Å². The van der Waals surface area contributed by atoms with Crippen LogP contribution in [-0.2, 0) is 47.4 Å². The minimum Gasteiger partial charge on any atom is -0.459 e. The van der Waals surface area contributed by atoms with Crippen molar-refractivity contribution in [3.63, 3.8) is 0 Å². The zero-order valence-electron chi connectivity index (χ0n) is 37.2. The highest BCUT2D eigenvalue weighted by atomic mass is 16.8. The maximum absolute atomic E-state index is 14.2. The number of carbonyl (C=O) groups excluding carboxylic acids is 5. The van der Waals surface area contributed by atoms with Crippen LogP contribution in [-0.4, -0.2) is 110 Å². The summed E-state index contributed by atoms with van der Waals surface area (Å²) < 4.78 is 62.2. The van der Waals surface area contributed by atoms with Gasteiger partial charge in [-0.25, -0.2) is 24.0 Å². The van der Waals surface area contributed by atoms with E-state index in [0.717, 1.165) is 0 Å². The molecule has 16 nitrogen and oxygen atoms in total. The van der Waals surface area contributed by atoms with E-state index in [4.69, 9.17) is 47.4 Å². The number of aliphatic hydroxyl groups is 1. The van der Waals surface area contributed by atoms with Crippen LogP contribution in [0.25, 0.3) is 0 Å². The van der Waals surface area contributed by atoms with Gasteiger partial charge in [0, 0.05) is 5.56 Å². The third kappa shape index (κ3) is 11.1. The number of esters is 5. The summed E-state index contributed by atoms with van der Waals surface area (Å²) >= 11 is 0. The van der Waals surface area contributed by atoms with Gasteiger partial charge in [0.2, 0.25) is 12.4 Å². The average Bonchev–Trinajstić information content (AvgIpc) is 3.41. The van der Waals surface area contributed by atoms with Gasteiger partial charge >= 0.3 is 29.8 Å². The van der Waals surface area contributed by atoms with Crippen LogP contribution < -0.4 is 0 Å². The lowest BCUT2D eigenvalue weighted by Gasteiger charge is -2.50. The molecule has 6 aromatic rings. The normalized spacial score (nSPS) is 26.0. The fourth-order valence-corrected chi connectivity index (χ4v) is 8.14. The van der Waals surface area contributed by atoms with Crippen molar-refractivity contribution in [1.82, 2.24) is 0 Å². The quantitative estimate of drug-likeness (QED) is 0.0895. The van der Waals surface area contributed by atoms with Gasteiger partial charge in [0.1, 0.15) is 37.1 Å². The van der Waals surface area contributed by atoms with Crippen molar-refractivity contribution in [3.05, 3.63) is 215 Å². The Balaban J connectivity index is 1.11. The fraction of sp³-hybridized carbons (Fsp3) is 0.241. The maximum atomic E-state index is 14.2. The monoisotopic (exact) mass is 950 g/mol. The van der Waals surface area contributed by atoms with E-state index in [1.165, 1.54) is 48.5 Å². The first-order valence-electron chi connectivity index (χ1n) is 22.4. The van der Waals surface area contributed by atoms with E-state index in [2.05, 4.69) is 0 Å². The first-order chi connectivity index (χ1) is 34.2. The Morgan fingerprint density at radius 1 is 0.443 bits per heavy atom. The van der Waals surface area contributed by atoms with Crippen LogP contribution >= 0.6 is 0 Å². The van der Waals surface area contributed by atoms with Gasteiger partial charge in [0.15, 0.2) is 24.8 Å². The van der Waals surface area contributed by atoms with Crippen molar-refractivity contribution in [3.8, 4) is 0 Å². The zero-order chi connectivity index (χ0) is 48.4. The summed E-state index contributed by atoms with van der Waals surface area (Å²) in [5.74, 6) is -4.36. The first kappa shape index (κ1) is 47.5. The Bertz CT molecular complexity index is 2690. The van der Waals surface area contributed by atoms with Crippen LogP contribution in [0.2, 0.25) is 0 Å². The summed E-state index contributed by atoms with van der Waals surface area (Å²) in [5.41, 5.74) is 1.24. The number of ether oxygens (including phenoxy) is 10. The van der Waals surface area contributed by atoms with Gasteiger partial charge in [-0.3, -0.25) is 0 Å². The van der Waals surface area contributed by atoms with Crippen LogP contribution in [0.5, 0.6) is 0 Å². The predicted molar refractivity (Wildman–Crippen MR) is 244 cm³/mol. The Morgan fingerprint density at radius 3 is 1.34 bits per heavy atom. The highest BCUT2D eigenvalue weighted by molar-refractivity contribution is 5.92. The molecular formula is C54H46O16. The van der Waals surface area contributed by atoms with Crippen molar-refractivity contribution in [2.75, 3.05) is 13.2 Å². The van der Waals surface area contributed by atoms with Crippen molar-refractivity contribution < 1.29 is 76.4 Å². The van der Waals surface area contributed by atoms with Crippen LogP contribution in [0.1, 0.15) is 63.6 Å². The van der Waals surface area contributed by atoms with Crippen molar-refractivity contribution in [2.24, 2.45) is 0 Å². The standard InChI is InChI=1S/C54H46O16/c55-41-44(65-48(57)34-21-9-2-10-22-34)42-40(32-62-52(68-42)38-29-17-6-18-30-38)63-53(41)69-43-39(31-61-47(56)33-19-7-1-8-20-33)64-54(70-51(60)37-27-15-5-16-28-37)46(67-50(59)36-25-13-4-14-26-36)45(43)66-49(58)35-23-11-3-12-24-35/h1-30,39-46,52-55H,31-32H2/t39-,40-,41-,42+,43-,44+,45+,46+,52?,53+,54-/m1/s1. The lowest BCUT2D eigenvalue weighted by molar-refractivity contribution is -0.382. The molecule has 0 aliphatic carbocycles. The average molecular weight is 951 g/mol. The minimum absolute atomic E-state index is 0.0694. The minimum atomic E-state index is -1.86. The summed E-state index contributed by atoms with van der Waals surface area (Å²) in [6, 6.07) is 48.8. The first-order valence-corrected chi connectivity index (χ1v) is 22.4. The molecule has 0 aromatic heterocycles. The Hall–Kier alpha value is -7.57. The molecule has 9 rings (SSSR count). The number of hydrogen-bond donors (Lipinski definition) is 1. The largest absolute Gasteiger partial charge is 0.459 e. The van der Waals surface area contributed by atoms with Crippen molar-refractivity contribution in [2.45, 2.75) is 67.7 Å². The number of hydrogen-bond acceptors (Lipinski definition) is 16. The van der Waals surface area contributed by atoms with Gasteiger partial charge in [-0.2, -0.15) is 0 Å². The smallest absolute Gasteiger partial charge is 0.340 e. The molecule has 3 aliphatic rings. The molecule has 11 atom stereocenters. The summed E-state index contributed by atoms with van der Waals surface area (Å²) in [5, 5.41) is 12.4. The third-order valence-corrected chi connectivity index (χ3v) is 11.6. The van der Waals surface area contributed by atoms with Gasteiger partial charge in [0.05, 0.1) is 34.4 Å². The molecule has 3 fully saturated rings.